The second-order valence-corrected chi connectivity index (χ2v) is 16.2. The molecule has 1 spiro atoms. The number of nitrogen functional groups attached to an aromatic ring is 1. The number of para-hydroxylation sites is 1. The Bertz CT molecular complexity index is 1470. The van der Waals surface area contributed by atoms with Crippen molar-refractivity contribution in [3.63, 3.8) is 0 Å². The van der Waals surface area contributed by atoms with Crippen LogP contribution in [0.25, 0.3) is 11.8 Å². The number of nitrogens with two attached hydrogens (primary N) is 2. The van der Waals surface area contributed by atoms with Crippen molar-refractivity contribution in [3.8, 4) is 5.75 Å². The van der Waals surface area contributed by atoms with Crippen LogP contribution in [-0.4, -0.2) is 106 Å². The quantitative estimate of drug-likeness (QED) is 0.357. The predicted octanol–water partition coefficient (Wildman–Crippen LogP) is 4.69. The van der Waals surface area contributed by atoms with E-state index in [0.29, 0.717) is 34.6 Å². The van der Waals surface area contributed by atoms with Gasteiger partial charge in [-0.1, -0.05) is 12.1 Å². The van der Waals surface area contributed by atoms with Crippen molar-refractivity contribution in [1.82, 2.24) is 24.6 Å². The number of aromatic nitrogens is 1. The van der Waals surface area contributed by atoms with Crippen LogP contribution in [0.5, 0.6) is 5.75 Å². The lowest BCUT2D eigenvalue weighted by Crippen LogP contribution is -2.65. The lowest BCUT2D eigenvalue weighted by molar-refractivity contribution is -0.102. The zero-order chi connectivity index (χ0) is 32.9. The number of ether oxygens (including phenoxy) is 1. The molecule has 0 bridgehead atoms. The summed E-state index contributed by atoms with van der Waals surface area (Å²) in [6, 6.07) is 8.48. The third-order valence-corrected chi connectivity index (χ3v) is 11.5. The van der Waals surface area contributed by atoms with E-state index in [1.807, 2.05) is 43.9 Å². The number of phenolic OH excluding ortho intramolecular Hbond substituents is 1. The number of aromatic hydroxyl groups is 1. The van der Waals surface area contributed by atoms with Gasteiger partial charge in [0.2, 0.25) is 0 Å². The fraction of sp³-hybridized carbons (Fsp3) is 0.649. The summed E-state index contributed by atoms with van der Waals surface area (Å²) >= 11 is 0. The van der Waals surface area contributed by atoms with E-state index >= 15 is 0 Å². The van der Waals surface area contributed by atoms with Gasteiger partial charge in [-0.2, -0.15) is 0 Å². The van der Waals surface area contributed by atoms with E-state index in [4.69, 9.17) is 16.2 Å². The summed E-state index contributed by atoms with van der Waals surface area (Å²) in [5.74, 6) is 1.61. The second-order valence-electron chi connectivity index (χ2n) is 16.2. The normalized spacial score (nSPS) is 23.8. The number of phenols is 1. The Balaban J connectivity index is 0.844. The Morgan fingerprint density at radius 1 is 1.02 bits per heavy atom. The van der Waals surface area contributed by atoms with Crippen LogP contribution in [-0.2, 0) is 17.7 Å². The van der Waals surface area contributed by atoms with Gasteiger partial charge in [-0.15, -0.1) is 0 Å². The van der Waals surface area contributed by atoms with Crippen LogP contribution >= 0.6 is 0 Å². The summed E-state index contributed by atoms with van der Waals surface area (Å²) in [5, 5.41) is 10.3. The molecule has 5 heterocycles. The fourth-order valence-electron chi connectivity index (χ4n) is 9.21. The molecule has 256 valence electrons. The SMILES string of the molecule is CC(C)(C)OC(=O)N1CC2(CC(CN3CCC(N4CCC(N5CCc6[nH]c(N)c(/C=C(\N)c7ccccc7O)c6C5)CC4)CC3)C2)C1. The molecule has 2 aromatic rings. The van der Waals surface area contributed by atoms with Gasteiger partial charge in [0.15, 0.2) is 0 Å². The Morgan fingerprint density at radius 2 is 1.68 bits per heavy atom. The molecule has 47 heavy (non-hydrogen) atoms. The predicted molar refractivity (Wildman–Crippen MR) is 187 cm³/mol. The summed E-state index contributed by atoms with van der Waals surface area (Å²) in [5.41, 5.74) is 17.4. The molecule has 3 saturated heterocycles. The fourth-order valence-corrected chi connectivity index (χ4v) is 9.21. The van der Waals surface area contributed by atoms with Crippen molar-refractivity contribution in [3.05, 3.63) is 46.6 Å². The zero-order valence-electron chi connectivity index (χ0n) is 28.6. The number of likely N-dealkylation sites (tertiary alicyclic amines) is 3. The molecule has 4 aliphatic heterocycles. The number of anilines is 1. The summed E-state index contributed by atoms with van der Waals surface area (Å²) in [6.45, 7) is 15.5. The molecule has 1 aromatic heterocycles. The smallest absolute Gasteiger partial charge is 0.410 e. The van der Waals surface area contributed by atoms with E-state index in [0.717, 1.165) is 44.1 Å². The number of nitrogens with one attached hydrogen (secondary N) is 1. The Hall–Kier alpha value is -3.21. The number of hydrogen-bond donors (Lipinski definition) is 4. The third-order valence-electron chi connectivity index (χ3n) is 11.5. The zero-order valence-corrected chi connectivity index (χ0v) is 28.6. The Morgan fingerprint density at radius 3 is 2.36 bits per heavy atom. The van der Waals surface area contributed by atoms with E-state index in [2.05, 4.69) is 19.7 Å². The van der Waals surface area contributed by atoms with Crippen molar-refractivity contribution in [2.24, 2.45) is 17.1 Å². The highest BCUT2D eigenvalue weighted by atomic mass is 16.6. The van der Waals surface area contributed by atoms with Gasteiger partial charge in [0.25, 0.3) is 0 Å². The molecule has 5 aliphatic rings. The second kappa shape index (κ2) is 12.7. The van der Waals surface area contributed by atoms with Gasteiger partial charge < -0.3 is 41.0 Å². The maximum atomic E-state index is 12.3. The van der Waals surface area contributed by atoms with E-state index < -0.39 is 5.60 Å². The standard InChI is InChI=1S/C37H55N7O3/c1-36(2,3)47-35(46)44-23-37(24-44)19-25(20-37)21-41-13-8-26(9-14-41)42-15-10-27(11-16-42)43-17-12-32-30(22-43)29(34(39)40-32)18-31(38)28-6-4-5-7-33(28)45/h4-7,18,25-27,40,45H,8-17,19-24,38-39H2,1-3H3/b31-18-. The molecule has 1 aromatic carbocycles. The van der Waals surface area contributed by atoms with Crippen molar-refractivity contribution in [1.29, 1.82) is 0 Å². The van der Waals surface area contributed by atoms with Gasteiger partial charge in [0.1, 0.15) is 17.2 Å². The van der Waals surface area contributed by atoms with Crippen LogP contribution in [0.2, 0.25) is 0 Å². The van der Waals surface area contributed by atoms with Gasteiger partial charge in [0, 0.05) is 79.2 Å². The minimum Gasteiger partial charge on any atom is -0.507 e. The molecule has 1 aliphatic carbocycles. The molecular formula is C37H55N7O3. The minimum absolute atomic E-state index is 0.150. The van der Waals surface area contributed by atoms with Crippen molar-refractivity contribution in [2.45, 2.75) is 89.9 Å². The number of H-pyrrole nitrogens is 1. The number of carbonyl (C=O) groups is 1. The van der Waals surface area contributed by atoms with Gasteiger partial charge in [0.05, 0.1) is 0 Å². The van der Waals surface area contributed by atoms with Gasteiger partial charge in [-0.3, -0.25) is 4.90 Å². The number of hydrogen-bond acceptors (Lipinski definition) is 8. The van der Waals surface area contributed by atoms with E-state index in [9.17, 15) is 9.90 Å². The number of aromatic amines is 1. The first-order chi connectivity index (χ1) is 22.5. The first kappa shape index (κ1) is 32.3. The van der Waals surface area contributed by atoms with Crippen LogP contribution in [0, 0.1) is 11.3 Å². The summed E-state index contributed by atoms with van der Waals surface area (Å²) < 4.78 is 5.55. The largest absolute Gasteiger partial charge is 0.507 e. The highest BCUT2D eigenvalue weighted by Gasteiger charge is 2.54. The average molecular weight is 646 g/mol. The Kier molecular flexibility index (Phi) is 8.72. The maximum absolute atomic E-state index is 12.3. The van der Waals surface area contributed by atoms with Gasteiger partial charge in [-0.05, 0) is 115 Å². The molecule has 1 amide bonds. The molecule has 0 atom stereocenters. The minimum atomic E-state index is -0.422. The number of rotatable bonds is 6. The summed E-state index contributed by atoms with van der Waals surface area (Å²) in [7, 11) is 0. The van der Waals surface area contributed by atoms with Crippen LogP contribution in [0.15, 0.2) is 24.3 Å². The summed E-state index contributed by atoms with van der Waals surface area (Å²) in [6.07, 6.45) is 10.2. The number of benzene rings is 1. The average Bonchev–Trinajstić information content (AvgIpc) is 3.31. The topological polar surface area (TPSA) is 127 Å². The number of nitrogens with zero attached hydrogens (tertiary/aromatic N) is 4. The third kappa shape index (κ3) is 6.87. The number of carbonyl (C=O) groups excluding carboxylic acids is 1. The van der Waals surface area contributed by atoms with E-state index in [1.165, 1.54) is 82.5 Å². The molecule has 0 unspecified atom stereocenters. The van der Waals surface area contributed by atoms with Gasteiger partial charge >= 0.3 is 6.09 Å². The number of piperidine rings is 2. The van der Waals surface area contributed by atoms with Crippen molar-refractivity contribution >= 4 is 23.7 Å². The van der Waals surface area contributed by atoms with Crippen LogP contribution < -0.4 is 11.5 Å². The highest BCUT2D eigenvalue weighted by molar-refractivity contribution is 5.86. The molecule has 0 radical (unpaired) electrons. The molecule has 10 nitrogen and oxygen atoms in total. The van der Waals surface area contributed by atoms with Crippen molar-refractivity contribution < 1.29 is 14.6 Å². The first-order valence-corrected chi connectivity index (χ1v) is 17.9. The molecular weight excluding hydrogens is 590 g/mol. The van der Waals surface area contributed by atoms with E-state index in [-0.39, 0.29) is 11.8 Å². The van der Waals surface area contributed by atoms with E-state index in [1.54, 1.807) is 12.1 Å². The lowest BCUT2D eigenvalue weighted by Gasteiger charge is -2.59. The first-order valence-electron chi connectivity index (χ1n) is 17.9. The number of fused-ring (bicyclic) bond motifs is 1. The van der Waals surface area contributed by atoms with Crippen LogP contribution in [0.3, 0.4) is 0 Å². The Labute approximate surface area is 280 Å². The number of amides is 1. The van der Waals surface area contributed by atoms with Crippen molar-refractivity contribution in [2.75, 3.05) is 58.1 Å². The molecule has 1 saturated carbocycles. The maximum Gasteiger partial charge on any atom is 0.410 e. The van der Waals surface area contributed by atoms with Crippen LogP contribution in [0.4, 0.5) is 10.6 Å². The highest BCUT2D eigenvalue weighted by Crippen LogP contribution is 2.52. The molecule has 4 fully saturated rings. The molecule has 6 N–H and O–H groups in total. The monoisotopic (exact) mass is 645 g/mol. The van der Waals surface area contributed by atoms with Crippen LogP contribution in [0.1, 0.15) is 81.7 Å². The summed E-state index contributed by atoms with van der Waals surface area (Å²) in [4.78, 5) is 25.8. The molecule has 7 rings (SSSR count). The molecule has 10 heteroatoms. The van der Waals surface area contributed by atoms with Gasteiger partial charge in [-0.25, -0.2) is 4.79 Å². The lowest BCUT2D eigenvalue weighted by atomic mass is 9.57.